The monoisotopic (exact) mass is 506 g/mol. The number of ether oxygens (including phenoxy) is 1. The van der Waals surface area contributed by atoms with Gasteiger partial charge in [0.2, 0.25) is 0 Å². The van der Waals surface area contributed by atoms with E-state index in [1.54, 1.807) is 17.6 Å². The van der Waals surface area contributed by atoms with Gasteiger partial charge in [0.15, 0.2) is 0 Å². The number of hydrogen-bond acceptors (Lipinski definition) is 6. The fourth-order valence-corrected chi connectivity index (χ4v) is 8.24. The third-order valence-corrected chi connectivity index (χ3v) is 10.2. The van der Waals surface area contributed by atoms with Gasteiger partial charge in [0, 0.05) is 19.4 Å². The lowest BCUT2D eigenvalue weighted by molar-refractivity contribution is -0.193. The molecule has 0 spiro atoms. The fraction of sp³-hybridized carbons (Fsp3) is 0.645. The van der Waals surface area contributed by atoms with Gasteiger partial charge in [-0.05, 0) is 97.7 Å². The van der Waals surface area contributed by atoms with Crippen molar-refractivity contribution < 1.29 is 19.2 Å². The van der Waals surface area contributed by atoms with Crippen LogP contribution in [-0.4, -0.2) is 41.7 Å². The zero-order valence-electron chi connectivity index (χ0n) is 22.9. The van der Waals surface area contributed by atoms with Crippen LogP contribution in [0.4, 0.5) is 0 Å². The lowest BCUT2D eigenvalue weighted by Gasteiger charge is -2.58. The second-order valence-electron chi connectivity index (χ2n) is 12.0. The van der Waals surface area contributed by atoms with E-state index in [0.29, 0.717) is 18.4 Å². The largest absolute Gasteiger partial charge is 0.466 e. The van der Waals surface area contributed by atoms with Crippen molar-refractivity contribution in [3.05, 3.63) is 47.8 Å². The van der Waals surface area contributed by atoms with Crippen LogP contribution >= 0.6 is 0 Å². The van der Waals surface area contributed by atoms with E-state index in [2.05, 4.69) is 43.1 Å². The van der Waals surface area contributed by atoms with Crippen LogP contribution in [0.15, 0.2) is 42.3 Å². The van der Waals surface area contributed by atoms with Crippen molar-refractivity contribution in [1.29, 1.82) is 0 Å². The fourth-order valence-electron chi connectivity index (χ4n) is 8.24. The standard InChI is InChI=1S/C31H42N2O4/c1-5-36-28(34)12-13-29(35)37-33(4)23-14-16-30(2)22(19-23)8-9-24-26-11-10-25(21-7-6-18-32-20-21)31(26,3)17-15-27(24)30/h6-7,10,18-20,23-24,26-27H,5,8-9,11-17H2,1-4H3/t23?,24-,26+,27+,30+,31-/m1/s1. The number of carbonyl (C=O) groups is 2. The van der Waals surface area contributed by atoms with E-state index in [1.165, 1.54) is 36.8 Å². The molecule has 0 N–H and O–H groups in total. The van der Waals surface area contributed by atoms with Gasteiger partial charge in [-0.3, -0.25) is 14.6 Å². The Bertz CT molecular complexity index is 1080. The summed E-state index contributed by atoms with van der Waals surface area (Å²) in [4.78, 5) is 33.9. The number of hydrogen-bond donors (Lipinski definition) is 0. The predicted molar refractivity (Wildman–Crippen MR) is 143 cm³/mol. The number of fused-ring (bicyclic) bond motifs is 5. The lowest BCUT2D eigenvalue weighted by atomic mass is 9.46. The van der Waals surface area contributed by atoms with Crippen LogP contribution in [0.3, 0.4) is 0 Å². The minimum Gasteiger partial charge on any atom is -0.466 e. The maximum absolute atomic E-state index is 12.3. The third kappa shape index (κ3) is 4.78. The van der Waals surface area contributed by atoms with Crippen LogP contribution in [0.2, 0.25) is 0 Å². The van der Waals surface area contributed by atoms with Gasteiger partial charge in [0.05, 0.1) is 25.5 Å². The molecule has 0 radical (unpaired) electrons. The van der Waals surface area contributed by atoms with Gasteiger partial charge >= 0.3 is 11.9 Å². The molecule has 2 saturated carbocycles. The summed E-state index contributed by atoms with van der Waals surface area (Å²) in [5.41, 5.74) is 4.85. The second-order valence-corrected chi connectivity index (χ2v) is 12.0. The van der Waals surface area contributed by atoms with E-state index in [-0.39, 0.29) is 41.7 Å². The molecule has 0 amide bonds. The highest BCUT2D eigenvalue weighted by molar-refractivity contribution is 5.77. The van der Waals surface area contributed by atoms with Crippen LogP contribution < -0.4 is 0 Å². The van der Waals surface area contributed by atoms with Gasteiger partial charge in [0.25, 0.3) is 0 Å². The molecule has 4 aliphatic carbocycles. The molecule has 1 aromatic heterocycles. The van der Waals surface area contributed by atoms with Crippen molar-refractivity contribution in [3.63, 3.8) is 0 Å². The third-order valence-electron chi connectivity index (χ3n) is 10.2. The summed E-state index contributed by atoms with van der Waals surface area (Å²) >= 11 is 0. The Hall–Kier alpha value is -2.47. The molecule has 6 atom stereocenters. The van der Waals surface area contributed by atoms with E-state index >= 15 is 0 Å². The Kier molecular flexibility index (Phi) is 7.32. The number of likely N-dealkylation sites (N-methyl/N-ethyl adjacent to an activating group) is 1. The Morgan fingerprint density at radius 2 is 1.86 bits per heavy atom. The molecule has 6 nitrogen and oxygen atoms in total. The zero-order chi connectivity index (χ0) is 26.2. The SMILES string of the molecule is CCOC(=O)CCC(=O)ON(C)C1C=C2CC[C@H]3[C@H](CC[C@]4(C)C(c5cccnc5)=CC[C@@H]34)[C@@]2(C)CC1. The topological polar surface area (TPSA) is 68.7 Å². The van der Waals surface area contributed by atoms with Crippen LogP contribution in [0.25, 0.3) is 5.57 Å². The highest BCUT2D eigenvalue weighted by Gasteiger charge is 2.57. The van der Waals surface area contributed by atoms with Crippen molar-refractivity contribution >= 4 is 17.5 Å². The predicted octanol–water partition coefficient (Wildman–Crippen LogP) is 6.14. The quantitative estimate of drug-likeness (QED) is 0.251. The molecule has 0 aliphatic heterocycles. The second kappa shape index (κ2) is 10.4. The van der Waals surface area contributed by atoms with Gasteiger partial charge in [-0.2, -0.15) is 0 Å². The molecule has 2 fully saturated rings. The summed E-state index contributed by atoms with van der Waals surface area (Å²) in [6, 6.07) is 4.37. The number of esters is 1. The van der Waals surface area contributed by atoms with Crippen molar-refractivity contribution in [3.8, 4) is 0 Å². The molecule has 6 heteroatoms. The molecule has 1 heterocycles. The molecule has 200 valence electrons. The van der Waals surface area contributed by atoms with Crippen molar-refractivity contribution in [2.75, 3.05) is 13.7 Å². The van der Waals surface area contributed by atoms with E-state index in [1.807, 2.05) is 19.4 Å². The van der Waals surface area contributed by atoms with Gasteiger partial charge in [0.1, 0.15) is 0 Å². The highest BCUT2D eigenvalue weighted by Crippen LogP contribution is 2.66. The first-order valence-electron chi connectivity index (χ1n) is 14.2. The van der Waals surface area contributed by atoms with Gasteiger partial charge < -0.3 is 9.57 Å². The Morgan fingerprint density at radius 3 is 2.62 bits per heavy atom. The smallest absolute Gasteiger partial charge is 0.325 e. The summed E-state index contributed by atoms with van der Waals surface area (Å²) in [7, 11) is 1.84. The van der Waals surface area contributed by atoms with Gasteiger partial charge in [-0.25, -0.2) is 0 Å². The molecule has 5 rings (SSSR count). The summed E-state index contributed by atoms with van der Waals surface area (Å²) in [6.45, 7) is 7.10. The van der Waals surface area contributed by atoms with Gasteiger partial charge in [-0.1, -0.05) is 37.6 Å². The first kappa shape index (κ1) is 26.1. The number of nitrogens with zero attached hydrogens (tertiary/aromatic N) is 2. The zero-order valence-corrected chi connectivity index (χ0v) is 22.9. The van der Waals surface area contributed by atoms with E-state index in [9.17, 15) is 9.59 Å². The maximum Gasteiger partial charge on any atom is 0.325 e. The average Bonchev–Trinajstić information content (AvgIpc) is 3.25. The highest BCUT2D eigenvalue weighted by atomic mass is 16.7. The van der Waals surface area contributed by atoms with E-state index in [4.69, 9.17) is 9.57 Å². The number of pyridine rings is 1. The molecular formula is C31H42N2O4. The van der Waals surface area contributed by atoms with Crippen LogP contribution in [-0.2, 0) is 19.2 Å². The summed E-state index contributed by atoms with van der Waals surface area (Å²) in [6.07, 6.45) is 17.1. The Balaban J connectivity index is 1.25. The van der Waals surface area contributed by atoms with Crippen molar-refractivity contribution in [2.45, 2.75) is 84.6 Å². The maximum atomic E-state index is 12.3. The van der Waals surface area contributed by atoms with Crippen molar-refractivity contribution in [2.24, 2.45) is 28.6 Å². The number of aromatic nitrogens is 1. The first-order valence-corrected chi connectivity index (χ1v) is 14.2. The number of carbonyl (C=O) groups excluding carboxylic acids is 2. The van der Waals surface area contributed by atoms with Crippen molar-refractivity contribution in [1.82, 2.24) is 10.0 Å². The molecule has 1 unspecified atom stereocenters. The molecule has 0 aromatic carbocycles. The van der Waals surface area contributed by atoms with Crippen LogP contribution in [0.1, 0.15) is 84.1 Å². The average molecular weight is 507 g/mol. The lowest BCUT2D eigenvalue weighted by Crippen LogP contribution is -2.51. The van der Waals surface area contributed by atoms with Gasteiger partial charge in [-0.15, -0.1) is 5.06 Å². The van der Waals surface area contributed by atoms with E-state index in [0.717, 1.165) is 25.2 Å². The molecular weight excluding hydrogens is 464 g/mol. The Labute approximate surface area is 221 Å². The van der Waals surface area contributed by atoms with Crippen LogP contribution in [0.5, 0.6) is 0 Å². The molecule has 1 aromatic rings. The summed E-state index contributed by atoms with van der Waals surface area (Å²) < 4.78 is 4.91. The minimum absolute atomic E-state index is 0.0448. The minimum atomic E-state index is -0.379. The number of hydroxylamine groups is 2. The molecule has 4 aliphatic rings. The molecule has 0 bridgehead atoms. The summed E-state index contributed by atoms with van der Waals surface area (Å²) in [5.74, 6) is 1.44. The first-order chi connectivity index (χ1) is 17.8. The van der Waals surface area contributed by atoms with E-state index < -0.39 is 0 Å². The van der Waals surface area contributed by atoms with Crippen LogP contribution in [0, 0.1) is 28.6 Å². The molecule has 37 heavy (non-hydrogen) atoms. The summed E-state index contributed by atoms with van der Waals surface area (Å²) in [5, 5.41) is 1.70. The number of allylic oxidation sites excluding steroid dienone is 3. The Morgan fingerprint density at radius 1 is 1.08 bits per heavy atom. The number of rotatable bonds is 7. The molecule has 0 saturated heterocycles. The normalized spacial score (nSPS) is 34.5.